The van der Waals surface area contributed by atoms with Crippen molar-refractivity contribution in [2.24, 2.45) is 0 Å². The first-order chi connectivity index (χ1) is 10.6. The van der Waals surface area contributed by atoms with E-state index in [9.17, 15) is 4.79 Å². The number of carbonyl (C=O) groups excluding carboxylic acids is 1. The Morgan fingerprint density at radius 2 is 2.27 bits per heavy atom. The zero-order chi connectivity index (χ0) is 15.5. The van der Waals surface area contributed by atoms with Crippen molar-refractivity contribution < 1.29 is 9.32 Å². The normalized spacial score (nSPS) is 17.6. The van der Waals surface area contributed by atoms with E-state index in [2.05, 4.69) is 26.0 Å². The Morgan fingerprint density at radius 1 is 1.41 bits per heavy atom. The Balaban J connectivity index is 1.61. The molecule has 1 aliphatic heterocycles. The molecule has 1 fully saturated rings. The first-order valence-corrected chi connectivity index (χ1v) is 7.42. The van der Waals surface area contributed by atoms with Crippen LogP contribution in [0.4, 0.5) is 5.82 Å². The molecule has 116 valence electrons. The third-order valence-corrected chi connectivity index (χ3v) is 3.89. The van der Waals surface area contributed by atoms with E-state index in [0.29, 0.717) is 11.6 Å². The minimum absolute atomic E-state index is 0.157. The van der Waals surface area contributed by atoms with E-state index in [4.69, 9.17) is 4.52 Å². The minimum Gasteiger partial charge on any atom is -0.361 e. The second-order valence-corrected chi connectivity index (χ2v) is 5.52. The van der Waals surface area contributed by atoms with Crippen molar-refractivity contribution in [2.45, 2.75) is 39.2 Å². The fourth-order valence-electron chi connectivity index (χ4n) is 2.63. The van der Waals surface area contributed by atoms with Crippen molar-refractivity contribution in [1.82, 2.24) is 20.7 Å². The summed E-state index contributed by atoms with van der Waals surface area (Å²) in [5.41, 5.74) is 2.47. The van der Waals surface area contributed by atoms with Crippen LogP contribution in [0.2, 0.25) is 0 Å². The summed E-state index contributed by atoms with van der Waals surface area (Å²) in [6.45, 7) is 4.64. The van der Waals surface area contributed by atoms with Crippen molar-refractivity contribution in [2.75, 3.05) is 11.9 Å². The lowest BCUT2D eigenvalue weighted by Gasteiger charge is -2.09. The van der Waals surface area contributed by atoms with E-state index in [1.165, 1.54) is 0 Å². The lowest BCUT2D eigenvalue weighted by atomic mass is 10.1. The summed E-state index contributed by atoms with van der Waals surface area (Å²) in [7, 11) is 0. The molecular formula is C15H19N5O2. The molecule has 2 N–H and O–H groups in total. The quantitative estimate of drug-likeness (QED) is 0.892. The highest BCUT2D eigenvalue weighted by molar-refractivity contribution is 5.91. The maximum Gasteiger partial charge on any atom is 0.230 e. The second-order valence-electron chi connectivity index (χ2n) is 5.52. The van der Waals surface area contributed by atoms with Gasteiger partial charge >= 0.3 is 0 Å². The average Bonchev–Trinajstić information content (AvgIpc) is 3.14. The summed E-state index contributed by atoms with van der Waals surface area (Å²) in [5.74, 6) is 0.968. The predicted octanol–water partition coefficient (Wildman–Crippen LogP) is 1.69. The first kappa shape index (κ1) is 14.6. The summed E-state index contributed by atoms with van der Waals surface area (Å²) in [4.78, 5) is 12.1. The Hall–Kier alpha value is -2.28. The molecule has 0 aromatic carbocycles. The van der Waals surface area contributed by atoms with Gasteiger partial charge in [-0.2, -0.15) is 5.10 Å². The van der Waals surface area contributed by atoms with Crippen LogP contribution in [0, 0.1) is 13.8 Å². The van der Waals surface area contributed by atoms with Crippen LogP contribution in [0.25, 0.3) is 0 Å². The molecule has 1 atom stereocenters. The van der Waals surface area contributed by atoms with Gasteiger partial charge in [0.1, 0.15) is 5.76 Å². The van der Waals surface area contributed by atoms with Gasteiger partial charge in [-0.15, -0.1) is 5.10 Å². The van der Waals surface area contributed by atoms with E-state index in [0.717, 1.165) is 36.3 Å². The van der Waals surface area contributed by atoms with Crippen molar-refractivity contribution in [3.63, 3.8) is 0 Å². The fourth-order valence-corrected chi connectivity index (χ4v) is 2.63. The maximum absolute atomic E-state index is 12.1. The van der Waals surface area contributed by atoms with Crippen LogP contribution in [-0.2, 0) is 11.2 Å². The number of carbonyl (C=O) groups is 1. The molecule has 0 radical (unpaired) electrons. The summed E-state index contributed by atoms with van der Waals surface area (Å²) in [6, 6.07) is 3.97. The molecule has 2 aromatic rings. The number of hydrogen-bond donors (Lipinski definition) is 2. The van der Waals surface area contributed by atoms with E-state index in [1.807, 2.05) is 13.0 Å². The van der Waals surface area contributed by atoms with E-state index in [1.54, 1.807) is 13.0 Å². The summed E-state index contributed by atoms with van der Waals surface area (Å²) >= 11 is 0. The highest BCUT2D eigenvalue weighted by Gasteiger charge is 2.18. The molecule has 3 heterocycles. The van der Waals surface area contributed by atoms with Gasteiger partial charge in [-0.3, -0.25) is 4.79 Å². The van der Waals surface area contributed by atoms with Gasteiger partial charge in [0.15, 0.2) is 5.82 Å². The van der Waals surface area contributed by atoms with Crippen LogP contribution in [-0.4, -0.2) is 27.8 Å². The Kier molecular flexibility index (Phi) is 4.15. The molecule has 0 bridgehead atoms. The van der Waals surface area contributed by atoms with Gasteiger partial charge in [0.2, 0.25) is 5.91 Å². The number of nitrogens with one attached hydrogen (secondary N) is 2. The van der Waals surface area contributed by atoms with Gasteiger partial charge in [-0.1, -0.05) is 5.16 Å². The molecule has 7 nitrogen and oxygen atoms in total. The van der Waals surface area contributed by atoms with Crippen LogP contribution >= 0.6 is 0 Å². The Labute approximate surface area is 128 Å². The largest absolute Gasteiger partial charge is 0.361 e. The van der Waals surface area contributed by atoms with Gasteiger partial charge in [0.25, 0.3) is 0 Å². The number of aryl methyl sites for hydroxylation is 2. The van der Waals surface area contributed by atoms with E-state index < -0.39 is 0 Å². The molecule has 3 rings (SSSR count). The number of amides is 1. The molecule has 7 heteroatoms. The third kappa shape index (κ3) is 3.14. The summed E-state index contributed by atoms with van der Waals surface area (Å²) in [5, 5.41) is 18.2. The topological polar surface area (TPSA) is 92.9 Å². The second kappa shape index (κ2) is 6.23. The molecule has 1 aliphatic rings. The Bertz CT molecular complexity index is 640. The fraction of sp³-hybridized carbons (Fsp3) is 0.467. The maximum atomic E-state index is 12.1. The smallest absolute Gasteiger partial charge is 0.230 e. The number of rotatable bonds is 4. The third-order valence-electron chi connectivity index (χ3n) is 3.89. The van der Waals surface area contributed by atoms with Gasteiger partial charge in [-0.05, 0) is 45.4 Å². The van der Waals surface area contributed by atoms with Gasteiger partial charge in [0, 0.05) is 5.56 Å². The number of hydrogen-bond acceptors (Lipinski definition) is 6. The zero-order valence-corrected chi connectivity index (χ0v) is 12.7. The lowest BCUT2D eigenvalue weighted by molar-refractivity contribution is -0.115. The SMILES string of the molecule is Cc1noc(C)c1CC(=O)Nc1ccc(C2CCCN2)nn1. The van der Waals surface area contributed by atoms with Crippen LogP contribution in [0.15, 0.2) is 16.7 Å². The monoisotopic (exact) mass is 301 g/mol. The van der Waals surface area contributed by atoms with E-state index in [-0.39, 0.29) is 18.4 Å². The summed E-state index contributed by atoms with van der Waals surface area (Å²) < 4.78 is 5.05. The van der Waals surface area contributed by atoms with Crippen molar-refractivity contribution >= 4 is 11.7 Å². The standard InChI is InChI=1S/C15H19N5O2/c1-9-11(10(2)22-20-9)8-15(21)17-14-6-5-13(18-19-14)12-4-3-7-16-12/h5-6,12,16H,3-4,7-8H2,1-2H3,(H,17,19,21). The van der Waals surface area contributed by atoms with E-state index >= 15 is 0 Å². The van der Waals surface area contributed by atoms with Crippen LogP contribution < -0.4 is 10.6 Å². The molecule has 1 amide bonds. The average molecular weight is 301 g/mol. The van der Waals surface area contributed by atoms with Crippen molar-refractivity contribution in [1.29, 1.82) is 0 Å². The number of anilines is 1. The Morgan fingerprint density at radius 3 is 2.86 bits per heavy atom. The van der Waals surface area contributed by atoms with Crippen LogP contribution in [0.1, 0.15) is 41.6 Å². The molecule has 1 unspecified atom stereocenters. The van der Waals surface area contributed by atoms with Crippen molar-refractivity contribution in [3.05, 3.63) is 34.8 Å². The van der Waals surface area contributed by atoms with Crippen molar-refractivity contribution in [3.8, 4) is 0 Å². The van der Waals surface area contributed by atoms with Crippen LogP contribution in [0.3, 0.4) is 0 Å². The predicted molar refractivity (Wildman–Crippen MR) is 80.3 cm³/mol. The zero-order valence-electron chi connectivity index (χ0n) is 12.7. The molecule has 0 saturated carbocycles. The molecule has 2 aromatic heterocycles. The number of aromatic nitrogens is 3. The highest BCUT2D eigenvalue weighted by Crippen LogP contribution is 2.21. The molecule has 1 saturated heterocycles. The van der Waals surface area contributed by atoms with Gasteiger partial charge in [-0.25, -0.2) is 0 Å². The first-order valence-electron chi connectivity index (χ1n) is 7.42. The lowest BCUT2D eigenvalue weighted by Crippen LogP contribution is -2.18. The molecule has 0 spiro atoms. The van der Waals surface area contributed by atoms with Gasteiger partial charge < -0.3 is 15.2 Å². The minimum atomic E-state index is -0.157. The highest BCUT2D eigenvalue weighted by atomic mass is 16.5. The van der Waals surface area contributed by atoms with Crippen LogP contribution in [0.5, 0.6) is 0 Å². The molecular weight excluding hydrogens is 282 g/mol. The molecule has 22 heavy (non-hydrogen) atoms. The van der Waals surface area contributed by atoms with Gasteiger partial charge in [0.05, 0.1) is 23.9 Å². The molecule has 0 aliphatic carbocycles. The number of nitrogens with zero attached hydrogens (tertiary/aromatic N) is 3. The summed E-state index contributed by atoms with van der Waals surface area (Å²) in [6.07, 6.45) is 2.45.